The molecule has 0 aromatic heterocycles. The predicted octanol–water partition coefficient (Wildman–Crippen LogP) is 4.72. The number of aliphatic hydroxyl groups excluding tert-OH is 2. The Hall–Kier alpha value is -2.64. The summed E-state index contributed by atoms with van der Waals surface area (Å²) >= 11 is 0. The third kappa shape index (κ3) is 10.2. The monoisotopic (exact) mass is 502 g/mol. The fraction of sp³-hybridized carbons (Fsp3) is 0.586. The Balaban J connectivity index is 1.82. The van der Waals surface area contributed by atoms with Crippen LogP contribution in [-0.4, -0.2) is 55.2 Å². The molecule has 0 radical (unpaired) electrons. The van der Waals surface area contributed by atoms with Crippen LogP contribution in [0.5, 0.6) is 5.75 Å². The van der Waals surface area contributed by atoms with Crippen molar-refractivity contribution in [2.45, 2.75) is 64.2 Å². The molecular formula is C29H42O7. The zero-order valence-electron chi connectivity index (χ0n) is 21.6. The molecule has 0 aliphatic heterocycles. The van der Waals surface area contributed by atoms with Crippen molar-refractivity contribution in [3.63, 3.8) is 0 Å². The van der Waals surface area contributed by atoms with Gasteiger partial charge in [0.05, 0.1) is 44.2 Å². The highest BCUT2D eigenvalue weighted by molar-refractivity contribution is 5.88. The van der Waals surface area contributed by atoms with E-state index in [1.54, 1.807) is 0 Å². The minimum atomic E-state index is -0.657. The summed E-state index contributed by atoms with van der Waals surface area (Å²) < 4.78 is 16.3. The summed E-state index contributed by atoms with van der Waals surface area (Å²) in [6, 6.07) is 8.51. The maximum Gasteiger partial charge on any atom is 0.335 e. The van der Waals surface area contributed by atoms with E-state index in [2.05, 4.69) is 44.3 Å². The molecule has 1 aliphatic rings. The van der Waals surface area contributed by atoms with Crippen molar-refractivity contribution in [1.29, 1.82) is 0 Å². The van der Waals surface area contributed by atoms with Gasteiger partial charge >= 0.3 is 11.9 Å². The van der Waals surface area contributed by atoms with E-state index in [0.29, 0.717) is 11.8 Å². The quantitative estimate of drug-likeness (QED) is 0.192. The highest BCUT2D eigenvalue weighted by atomic mass is 16.5. The molecule has 2 N–H and O–H groups in total. The molecule has 1 saturated carbocycles. The van der Waals surface area contributed by atoms with Crippen LogP contribution >= 0.6 is 0 Å². The Morgan fingerprint density at radius 2 is 1.50 bits per heavy atom. The first-order valence-electron chi connectivity index (χ1n) is 13.0. The maximum atomic E-state index is 11.9. The molecule has 0 spiro atoms. The molecule has 0 amide bonds. The van der Waals surface area contributed by atoms with Gasteiger partial charge in [-0.2, -0.15) is 0 Å². The zero-order chi connectivity index (χ0) is 26.3. The van der Waals surface area contributed by atoms with Crippen molar-refractivity contribution in [3.05, 3.63) is 54.1 Å². The molecule has 0 saturated heterocycles. The lowest BCUT2D eigenvalue weighted by molar-refractivity contribution is -0.144. The summed E-state index contributed by atoms with van der Waals surface area (Å²) in [5.74, 6) is 0.545. The second kappa shape index (κ2) is 16.2. The van der Waals surface area contributed by atoms with Gasteiger partial charge < -0.3 is 24.4 Å². The van der Waals surface area contributed by atoms with E-state index in [4.69, 9.17) is 24.4 Å². The van der Waals surface area contributed by atoms with Crippen LogP contribution in [0.1, 0.15) is 69.8 Å². The van der Waals surface area contributed by atoms with Gasteiger partial charge in [-0.05, 0) is 74.5 Å². The highest BCUT2D eigenvalue weighted by Gasteiger charge is 2.24. The molecule has 36 heavy (non-hydrogen) atoms. The largest absolute Gasteiger partial charge is 0.494 e. The van der Waals surface area contributed by atoms with Crippen molar-refractivity contribution < 1.29 is 34.0 Å². The highest BCUT2D eigenvalue weighted by Crippen LogP contribution is 2.38. The molecule has 0 atom stereocenters. The molecule has 2 rings (SSSR count). The zero-order valence-corrected chi connectivity index (χ0v) is 21.6. The Morgan fingerprint density at radius 3 is 2.00 bits per heavy atom. The minimum Gasteiger partial charge on any atom is -0.494 e. The van der Waals surface area contributed by atoms with Crippen LogP contribution in [0, 0.1) is 11.8 Å². The number of carbonyl (C=O) groups excluding carboxylic acids is 2. The molecule has 0 heterocycles. The molecule has 1 aliphatic carbocycles. The molecule has 0 bridgehead atoms. The van der Waals surface area contributed by atoms with Crippen LogP contribution in [0.25, 0.3) is 0 Å². The lowest BCUT2D eigenvalue weighted by atomic mass is 9.76. The van der Waals surface area contributed by atoms with Gasteiger partial charge in [0.1, 0.15) is 5.75 Å². The number of benzene rings is 1. The predicted molar refractivity (Wildman–Crippen MR) is 139 cm³/mol. The second-order valence-electron chi connectivity index (χ2n) is 9.65. The van der Waals surface area contributed by atoms with Gasteiger partial charge in [-0.1, -0.05) is 38.6 Å². The summed E-state index contributed by atoms with van der Waals surface area (Å²) in [5.41, 5.74) is 1.33. The molecule has 1 fully saturated rings. The second-order valence-corrected chi connectivity index (χ2v) is 9.65. The molecular weight excluding hydrogens is 460 g/mol. The van der Waals surface area contributed by atoms with Crippen LogP contribution in [0.4, 0.5) is 0 Å². The number of esters is 2. The maximum absolute atomic E-state index is 11.9. The van der Waals surface area contributed by atoms with E-state index in [1.165, 1.54) is 5.56 Å². The first-order chi connectivity index (χ1) is 17.4. The van der Waals surface area contributed by atoms with Crippen molar-refractivity contribution in [2.75, 3.05) is 33.0 Å². The summed E-state index contributed by atoms with van der Waals surface area (Å²) in [4.78, 5) is 23.8. The Labute approximate surface area is 215 Å². The fourth-order valence-electron chi connectivity index (χ4n) is 4.36. The van der Waals surface area contributed by atoms with Crippen LogP contribution in [0.2, 0.25) is 0 Å². The van der Waals surface area contributed by atoms with Gasteiger partial charge in [0.25, 0.3) is 0 Å². The van der Waals surface area contributed by atoms with Crippen LogP contribution in [-0.2, 0) is 19.1 Å². The van der Waals surface area contributed by atoms with Gasteiger partial charge in [0.15, 0.2) is 0 Å². The van der Waals surface area contributed by atoms with Crippen LogP contribution in [0.15, 0.2) is 48.6 Å². The third-order valence-electron chi connectivity index (χ3n) is 6.81. The van der Waals surface area contributed by atoms with E-state index in [0.717, 1.165) is 63.7 Å². The first kappa shape index (κ1) is 29.6. The molecule has 7 nitrogen and oxygen atoms in total. The molecule has 7 heteroatoms. The van der Waals surface area contributed by atoms with Crippen molar-refractivity contribution in [3.8, 4) is 5.75 Å². The molecule has 1 aromatic rings. The summed E-state index contributed by atoms with van der Waals surface area (Å²) in [6.45, 7) is 9.07. The number of carbonyl (C=O) groups is 2. The Kier molecular flexibility index (Phi) is 13.3. The van der Waals surface area contributed by atoms with E-state index in [-0.39, 0.29) is 30.3 Å². The SMILES string of the molecule is C=C(CO)C(=O)OCC(CCC1CCC(c2ccc(OCCCC)cc2)CC1)COC(=O)C(=C)CO. The smallest absolute Gasteiger partial charge is 0.335 e. The summed E-state index contributed by atoms with van der Waals surface area (Å²) in [5, 5.41) is 18.1. The topological polar surface area (TPSA) is 102 Å². The van der Waals surface area contributed by atoms with Crippen LogP contribution < -0.4 is 4.74 Å². The number of hydrogen-bond acceptors (Lipinski definition) is 7. The fourth-order valence-corrected chi connectivity index (χ4v) is 4.36. The third-order valence-corrected chi connectivity index (χ3v) is 6.81. The summed E-state index contributed by atoms with van der Waals surface area (Å²) in [7, 11) is 0. The first-order valence-corrected chi connectivity index (χ1v) is 13.0. The standard InChI is InChI=1S/C29H42O7/c1-4-5-16-34-27-14-12-26(13-15-27)25-10-8-23(9-11-25)6-7-24(19-35-28(32)21(2)17-30)20-36-29(33)22(3)18-31/h12-15,23-25,30-31H,2-11,16-20H2,1H3. The number of ether oxygens (including phenoxy) is 3. The lowest BCUT2D eigenvalue weighted by Gasteiger charge is -2.30. The van der Waals surface area contributed by atoms with Crippen molar-refractivity contribution in [1.82, 2.24) is 0 Å². The number of rotatable bonds is 16. The van der Waals surface area contributed by atoms with E-state index >= 15 is 0 Å². The average Bonchev–Trinajstić information content (AvgIpc) is 2.92. The number of aliphatic hydroxyl groups is 2. The molecule has 1 aromatic carbocycles. The van der Waals surface area contributed by atoms with Crippen LogP contribution in [0.3, 0.4) is 0 Å². The van der Waals surface area contributed by atoms with Crippen molar-refractivity contribution >= 4 is 11.9 Å². The minimum absolute atomic E-state index is 0.0155. The average molecular weight is 503 g/mol. The molecule has 200 valence electrons. The normalized spacial score (nSPS) is 17.4. The number of unbranched alkanes of at least 4 members (excludes halogenated alkanes) is 1. The lowest BCUT2D eigenvalue weighted by Crippen LogP contribution is -2.24. The Bertz CT molecular complexity index is 806. The van der Waals surface area contributed by atoms with Gasteiger partial charge in [-0.3, -0.25) is 0 Å². The number of hydrogen-bond donors (Lipinski definition) is 2. The van der Waals surface area contributed by atoms with Gasteiger partial charge in [0, 0.05) is 5.92 Å². The van der Waals surface area contributed by atoms with E-state index in [1.807, 2.05) is 0 Å². The Morgan fingerprint density at radius 1 is 0.944 bits per heavy atom. The van der Waals surface area contributed by atoms with Gasteiger partial charge in [0.2, 0.25) is 0 Å². The van der Waals surface area contributed by atoms with E-state index < -0.39 is 25.2 Å². The molecule has 0 unspecified atom stereocenters. The van der Waals surface area contributed by atoms with E-state index in [9.17, 15) is 9.59 Å². The van der Waals surface area contributed by atoms with Gasteiger partial charge in [-0.15, -0.1) is 0 Å². The van der Waals surface area contributed by atoms with Gasteiger partial charge in [-0.25, -0.2) is 9.59 Å². The van der Waals surface area contributed by atoms with Crippen molar-refractivity contribution in [2.24, 2.45) is 11.8 Å². The summed E-state index contributed by atoms with van der Waals surface area (Å²) in [6.07, 6.45) is 8.35.